The summed E-state index contributed by atoms with van der Waals surface area (Å²) in [5, 5.41) is 6.47. The van der Waals surface area contributed by atoms with Gasteiger partial charge in [-0.25, -0.2) is 9.98 Å². The quantitative estimate of drug-likeness (QED) is 0.372. The van der Waals surface area contributed by atoms with Gasteiger partial charge in [-0.3, -0.25) is 4.79 Å². The molecule has 1 unspecified atom stereocenters. The molecule has 26 heavy (non-hydrogen) atoms. The van der Waals surface area contributed by atoms with Crippen molar-refractivity contribution in [2.45, 2.75) is 38.8 Å². The van der Waals surface area contributed by atoms with Crippen LogP contribution in [0, 0.1) is 6.92 Å². The Morgan fingerprint density at radius 1 is 1.42 bits per heavy atom. The SMILES string of the molecule is Cc1nc(CN(C)C(=NCC(=O)N(C)C)NCC2CCCCO2)cs1.I. The van der Waals surface area contributed by atoms with Crippen molar-refractivity contribution in [3.8, 4) is 0 Å². The number of nitrogens with one attached hydrogen (secondary N) is 1. The molecule has 0 aromatic carbocycles. The van der Waals surface area contributed by atoms with E-state index < -0.39 is 0 Å². The van der Waals surface area contributed by atoms with Crippen LogP contribution in [0.25, 0.3) is 0 Å². The molecule has 0 bridgehead atoms. The number of aromatic nitrogens is 1. The lowest BCUT2D eigenvalue weighted by molar-refractivity contribution is -0.127. The lowest BCUT2D eigenvalue weighted by atomic mass is 10.1. The van der Waals surface area contributed by atoms with Gasteiger partial charge in [0.2, 0.25) is 5.91 Å². The molecule has 1 aliphatic heterocycles. The van der Waals surface area contributed by atoms with E-state index in [-0.39, 0.29) is 42.5 Å². The number of carbonyl (C=O) groups is 1. The van der Waals surface area contributed by atoms with Gasteiger partial charge < -0.3 is 19.9 Å². The molecule has 2 heterocycles. The smallest absolute Gasteiger partial charge is 0.243 e. The number of hydrogen-bond acceptors (Lipinski definition) is 5. The van der Waals surface area contributed by atoms with Crippen molar-refractivity contribution in [2.75, 3.05) is 40.8 Å². The van der Waals surface area contributed by atoms with Crippen LogP contribution in [0.3, 0.4) is 0 Å². The van der Waals surface area contributed by atoms with Gasteiger partial charge in [0, 0.05) is 39.7 Å². The average Bonchev–Trinajstić information content (AvgIpc) is 3.00. The van der Waals surface area contributed by atoms with Gasteiger partial charge in [0.05, 0.1) is 23.4 Å². The molecule has 1 N–H and O–H groups in total. The first-order valence-electron chi connectivity index (χ1n) is 8.68. The zero-order valence-electron chi connectivity index (χ0n) is 16.0. The number of guanidine groups is 1. The molecule has 7 nitrogen and oxygen atoms in total. The zero-order valence-corrected chi connectivity index (χ0v) is 19.2. The van der Waals surface area contributed by atoms with Crippen LogP contribution in [-0.2, 0) is 16.1 Å². The normalized spacial score (nSPS) is 17.4. The van der Waals surface area contributed by atoms with Crippen LogP contribution < -0.4 is 5.32 Å². The van der Waals surface area contributed by atoms with Crippen LogP contribution >= 0.6 is 35.3 Å². The van der Waals surface area contributed by atoms with E-state index in [1.807, 2.05) is 18.9 Å². The van der Waals surface area contributed by atoms with Gasteiger partial charge in [0.1, 0.15) is 6.54 Å². The van der Waals surface area contributed by atoms with Gasteiger partial charge in [0.25, 0.3) is 0 Å². The van der Waals surface area contributed by atoms with Gasteiger partial charge in [-0.15, -0.1) is 35.3 Å². The molecule has 0 spiro atoms. The van der Waals surface area contributed by atoms with Gasteiger partial charge in [-0.2, -0.15) is 0 Å². The molecular formula is C17H30IN5O2S. The first-order valence-corrected chi connectivity index (χ1v) is 9.56. The zero-order chi connectivity index (χ0) is 18.2. The number of nitrogens with zero attached hydrogens (tertiary/aromatic N) is 4. The van der Waals surface area contributed by atoms with E-state index >= 15 is 0 Å². The molecule has 9 heteroatoms. The number of halogens is 1. The summed E-state index contributed by atoms with van der Waals surface area (Å²) in [7, 11) is 5.44. The number of aryl methyl sites for hydroxylation is 1. The van der Waals surface area contributed by atoms with Crippen LogP contribution in [0.1, 0.15) is 30.0 Å². The molecule has 1 amide bonds. The highest BCUT2D eigenvalue weighted by Gasteiger charge is 2.16. The van der Waals surface area contributed by atoms with Crippen molar-refractivity contribution < 1.29 is 9.53 Å². The molecule has 1 atom stereocenters. The average molecular weight is 495 g/mol. The van der Waals surface area contributed by atoms with Crippen LogP contribution in [0.2, 0.25) is 0 Å². The molecule has 0 aliphatic carbocycles. The molecule has 2 rings (SSSR count). The lowest BCUT2D eigenvalue weighted by Crippen LogP contribution is -2.43. The fourth-order valence-corrected chi connectivity index (χ4v) is 3.17. The number of ether oxygens (including phenoxy) is 1. The minimum atomic E-state index is -0.0221. The van der Waals surface area contributed by atoms with E-state index in [1.165, 1.54) is 6.42 Å². The highest BCUT2D eigenvalue weighted by molar-refractivity contribution is 14.0. The van der Waals surface area contributed by atoms with Crippen molar-refractivity contribution >= 4 is 47.2 Å². The third-order valence-corrected chi connectivity index (χ3v) is 4.87. The van der Waals surface area contributed by atoms with E-state index in [1.54, 1.807) is 30.3 Å². The van der Waals surface area contributed by atoms with E-state index in [9.17, 15) is 4.79 Å². The summed E-state index contributed by atoms with van der Waals surface area (Å²) in [6.07, 6.45) is 3.61. The lowest BCUT2D eigenvalue weighted by Gasteiger charge is -2.26. The number of amides is 1. The summed E-state index contributed by atoms with van der Waals surface area (Å²) in [6.45, 7) is 4.30. The molecular weight excluding hydrogens is 465 g/mol. The summed E-state index contributed by atoms with van der Waals surface area (Å²) in [5.74, 6) is 0.682. The molecule has 148 valence electrons. The first kappa shape index (κ1) is 23.1. The molecule has 0 radical (unpaired) electrons. The summed E-state index contributed by atoms with van der Waals surface area (Å²) in [4.78, 5) is 24.4. The Labute approximate surface area is 177 Å². The molecule has 1 aromatic rings. The van der Waals surface area contributed by atoms with Crippen molar-refractivity contribution in [2.24, 2.45) is 4.99 Å². The Kier molecular flexibility index (Phi) is 10.4. The van der Waals surface area contributed by atoms with Crippen LogP contribution in [0.15, 0.2) is 10.4 Å². The maximum atomic E-state index is 11.9. The second kappa shape index (κ2) is 11.7. The summed E-state index contributed by atoms with van der Waals surface area (Å²) >= 11 is 1.64. The van der Waals surface area contributed by atoms with Gasteiger partial charge in [-0.05, 0) is 26.2 Å². The van der Waals surface area contributed by atoms with E-state index in [4.69, 9.17) is 4.74 Å². The largest absolute Gasteiger partial charge is 0.376 e. The predicted octanol–water partition coefficient (Wildman–Crippen LogP) is 2.10. The summed E-state index contributed by atoms with van der Waals surface area (Å²) in [6, 6.07) is 0. The van der Waals surface area contributed by atoms with E-state index in [2.05, 4.69) is 20.7 Å². The van der Waals surface area contributed by atoms with Crippen molar-refractivity contribution in [1.82, 2.24) is 20.1 Å². The second-order valence-corrected chi connectivity index (χ2v) is 7.57. The van der Waals surface area contributed by atoms with Crippen LogP contribution in [0.5, 0.6) is 0 Å². The minimum Gasteiger partial charge on any atom is -0.376 e. The molecule has 1 aliphatic rings. The Morgan fingerprint density at radius 2 is 2.19 bits per heavy atom. The summed E-state index contributed by atoms with van der Waals surface area (Å²) < 4.78 is 5.77. The fourth-order valence-electron chi connectivity index (χ4n) is 2.57. The molecule has 0 saturated carbocycles. The Hall–Kier alpha value is -0.940. The number of aliphatic imine (C=N–C) groups is 1. The third-order valence-electron chi connectivity index (χ3n) is 4.05. The Bertz CT molecular complexity index is 587. The minimum absolute atomic E-state index is 0. The number of rotatable bonds is 6. The first-order chi connectivity index (χ1) is 12.0. The van der Waals surface area contributed by atoms with Crippen molar-refractivity contribution in [3.63, 3.8) is 0 Å². The van der Waals surface area contributed by atoms with Gasteiger partial charge in [-0.1, -0.05) is 0 Å². The Balaban J connectivity index is 0.00000338. The predicted molar refractivity (Wildman–Crippen MR) is 116 cm³/mol. The Morgan fingerprint density at radius 3 is 2.77 bits per heavy atom. The van der Waals surface area contributed by atoms with Gasteiger partial charge in [0.15, 0.2) is 5.96 Å². The third kappa shape index (κ3) is 7.75. The highest BCUT2D eigenvalue weighted by atomic mass is 127. The van der Waals surface area contributed by atoms with Crippen LogP contribution in [-0.4, -0.2) is 73.6 Å². The van der Waals surface area contributed by atoms with Gasteiger partial charge >= 0.3 is 0 Å². The molecule has 1 saturated heterocycles. The van der Waals surface area contributed by atoms with Crippen LogP contribution in [0.4, 0.5) is 0 Å². The summed E-state index contributed by atoms with van der Waals surface area (Å²) in [5.41, 5.74) is 1.01. The number of likely N-dealkylation sites (N-methyl/N-ethyl adjacent to an activating group) is 1. The second-order valence-electron chi connectivity index (χ2n) is 6.51. The number of hydrogen-bond donors (Lipinski definition) is 1. The standard InChI is InChI=1S/C17H29N5O2S.HI/c1-13-20-14(12-25-13)11-22(4)17(19-10-16(23)21(2)3)18-9-15-7-5-6-8-24-15;/h12,15H,5-11H2,1-4H3,(H,18,19);1H. The van der Waals surface area contributed by atoms with Crippen molar-refractivity contribution in [3.05, 3.63) is 16.1 Å². The monoisotopic (exact) mass is 495 g/mol. The maximum absolute atomic E-state index is 11.9. The van der Waals surface area contributed by atoms with E-state index in [0.717, 1.165) is 30.2 Å². The molecule has 1 fully saturated rings. The number of thiazole rings is 1. The highest BCUT2D eigenvalue weighted by Crippen LogP contribution is 2.12. The van der Waals surface area contributed by atoms with E-state index in [0.29, 0.717) is 19.0 Å². The number of carbonyl (C=O) groups excluding carboxylic acids is 1. The fraction of sp³-hybridized carbons (Fsp3) is 0.706. The topological polar surface area (TPSA) is 70.1 Å². The maximum Gasteiger partial charge on any atom is 0.243 e. The molecule has 1 aromatic heterocycles. The van der Waals surface area contributed by atoms with Crippen molar-refractivity contribution in [1.29, 1.82) is 0 Å².